The molecule has 0 aliphatic carbocycles. The van der Waals surface area contributed by atoms with E-state index in [-0.39, 0.29) is 0 Å². The predicted octanol–water partition coefficient (Wildman–Crippen LogP) is 0.857. The number of aryl methyl sites for hydroxylation is 2. The van der Waals surface area contributed by atoms with Gasteiger partial charge in [0.05, 0.1) is 39.3 Å². The fourth-order valence-corrected chi connectivity index (χ4v) is 1.04. The van der Waals surface area contributed by atoms with Crippen LogP contribution in [0.25, 0.3) is 0 Å². The minimum absolute atomic E-state index is 0.660. The zero-order valence-electron chi connectivity index (χ0n) is 9.91. The molecule has 6 heteroatoms. The van der Waals surface area contributed by atoms with Crippen LogP contribution in [0.2, 0.25) is 0 Å². The van der Waals surface area contributed by atoms with Gasteiger partial charge in [0.2, 0.25) is 11.8 Å². The number of rotatable bonds is 2. The van der Waals surface area contributed by atoms with E-state index in [1.54, 1.807) is 43.8 Å². The Labute approximate surface area is 94.5 Å². The summed E-state index contributed by atoms with van der Waals surface area (Å²) < 4.78 is 13.3. The highest BCUT2D eigenvalue weighted by molar-refractivity contribution is 5.03. The van der Waals surface area contributed by atoms with Crippen LogP contribution < -0.4 is 9.47 Å². The molecule has 0 aliphatic rings. The Kier molecular flexibility index (Phi) is 4.38. The van der Waals surface area contributed by atoms with Crippen LogP contribution in [-0.2, 0) is 14.1 Å². The van der Waals surface area contributed by atoms with Crippen LogP contribution in [0.4, 0.5) is 0 Å². The minimum atomic E-state index is 0.660. The van der Waals surface area contributed by atoms with Crippen molar-refractivity contribution in [3.8, 4) is 11.8 Å². The van der Waals surface area contributed by atoms with Gasteiger partial charge in [-0.3, -0.25) is 0 Å². The number of ether oxygens (including phenoxy) is 2. The molecule has 0 N–H and O–H groups in total. The average molecular weight is 224 g/mol. The predicted molar refractivity (Wildman–Crippen MR) is 59.5 cm³/mol. The summed E-state index contributed by atoms with van der Waals surface area (Å²) in [6, 6.07) is 0. The second-order valence-corrected chi connectivity index (χ2v) is 3.13. The lowest BCUT2D eigenvalue weighted by Crippen LogP contribution is -1.90. The molecule has 0 aromatic carbocycles. The van der Waals surface area contributed by atoms with Crippen molar-refractivity contribution in [1.29, 1.82) is 0 Å². The van der Waals surface area contributed by atoms with Crippen molar-refractivity contribution in [1.82, 2.24) is 19.1 Å². The summed E-state index contributed by atoms with van der Waals surface area (Å²) in [7, 11) is 7.00. The molecule has 88 valence electrons. The van der Waals surface area contributed by atoms with Gasteiger partial charge in [0.15, 0.2) is 0 Å². The van der Waals surface area contributed by atoms with Crippen LogP contribution in [0, 0.1) is 0 Å². The summed E-state index contributed by atoms with van der Waals surface area (Å²) in [4.78, 5) is 7.71. The number of imidazole rings is 2. The molecule has 0 bridgehead atoms. The molecule has 0 atom stereocenters. The van der Waals surface area contributed by atoms with Crippen molar-refractivity contribution in [2.45, 2.75) is 0 Å². The van der Waals surface area contributed by atoms with Gasteiger partial charge in [0, 0.05) is 14.1 Å². The van der Waals surface area contributed by atoms with Gasteiger partial charge in [-0.2, -0.15) is 0 Å². The molecule has 0 unspecified atom stereocenters. The van der Waals surface area contributed by atoms with Gasteiger partial charge < -0.3 is 18.6 Å². The normalized spacial score (nSPS) is 9.25. The molecular formula is C10H16N4O2. The quantitative estimate of drug-likeness (QED) is 0.759. The third-order valence-corrected chi connectivity index (χ3v) is 1.87. The highest BCUT2D eigenvalue weighted by Crippen LogP contribution is 2.03. The summed E-state index contributed by atoms with van der Waals surface area (Å²) in [5, 5.41) is 0. The first kappa shape index (κ1) is 12.1. The standard InChI is InChI=1S/2C5H8N2O/c1-7-3-5(8-2)6-4-7;1-7-4-6-3-5(7)8-2/h2*3-4H,1-2H3. The van der Waals surface area contributed by atoms with Gasteiger partial charge in [-0.05, 0) is 0 Å². The Bertz CT molecular complexity index is 422. The summed E-state index contributed by atoms with van der Waals surface area (Å²) in [6.45, 7) is 0. The van der Waals surface area contributed by atoms with E-state index < -0.39 is 0 Å². The van der Waals surface area contributed by atoms with Crippen molar-refractivity contribution < 1.29 is 9.47 Å². The molecule has 16 heavy (non-hydrogen) atoms. The first-order chi connectivity index (χ1) is 7.67. The van der Waals surface area contributed by atoms with Crippen LogP contribution >= 0.6 is 0 Å². The fourth-order valence-electron chi connectivity index (χ4n) is 1.04. The van der Waals surface area contributed by atoms with E-state index in [1.807, 2.05) is 18.7 Å². The molecule has 6 nitrogen and oxygen atoms in total. The fraction of sp³-hybridized carbons (Fsp3) is 0.400. The Morgan fingerprint density at radius 2 is 1.88 bits per heavy atom. The number of nitrogens with zero attached hydrogens (tertiary/aromatic N) is 4. The maximum Gasteiger partial charge on any atom is 0.231 e. The van der Waals surface area contributed by atoms with Crippen LogP contribution in [0.1, 0.15) is 0 Å². The van der Waals surface area contributed by atoms with E-state index in [1.165, 1.54) is 0 Å². The van der Waals surface area contributed by atoms with E-state index >= 15 is 0 Å². The average Bonchev–Trinajstić information content (AvgIpc) is 2.87. The van der Waals surface area contributed by atoms with Crippen molar-refractivity contribution in [3.05, 3.63) is 25.0 Å². The van der Waals surface area contributed by atoms with E-state index in [2.05, 4.69) is 9.97 Å². The van der Waals surface area contributed by atoms with Gasteiger partial charge in [-0.25, -0.2) is 9.97 Å². The molecule has 0 spiro atoms. The van der Waals surface area contributed by atoms with Gasteiger partial charge in [0.1, 0.15) is 0 Å². The Hall–Kier alpha value is -1.98. The van der Waals surface area contributed by atoms with Crippen molar-refractivity contribution in [2.24, 2.45) is 14.1 Å². The number of aromatic nitrogens is 4. The molecule has 2 rings (SSSR count). The molecule has 2 heterocycles. The molecular weight excluding hydrogens is 208 g/mol. The first-order valence-electron chi connectivity index (χ1n) is 4.69. The molecule has 0 saturated heterocycles. The van der Waals surface area contributed by atoms with Crippen LogP contribution in [0.5, 0.6) is 11.8 Å². The zero-order chi connectivity index (χ0) is 12.0. The van der Waals surface area contributed by atoms with Gasteiger partial charge in [0.25, 0.3) is 0 Å². The topological polar surface area (TPSA) is 54.1 Å². The molecule has 2 aromatic heterocycles. The second kappa shape index (κ2) is 5.79. The van der Waals surface area contributed by atoms with Gasteiger partial charge in [-0.15, -0.1) is 0 Å². The maximum absolute atomic E-state index is 4.89. The van der Waals surface area contributed by atoms with Crippen molar-refractivity contribution >= 4 is 0 Å². The van der Waals surface area contributed by atoms with E-state index in [0.29, 0.717) is 5.88 Å². The number of hydrogen-bond acceptors (Lipinski definition) is 4. The molecule has 0 radical (unpaired) electrons. The Morgan fingerprint density at radius 3 is 2.12 bits per heavy atom. The zero-order valence-corrected chi connectivity index (χ0v) is 9.91. The molecule has 0 aliphatic heterocycles. The molecule has 0 fully saturated rings. The van der Waals surface area contributed by atoms with Gasteiger partial charge >= 0.3 is 0 Å². The third-order valence-electron chi connectivity index (χ3n) is 1.87. The first-order valence-corrected chi connectivity index (χ1v) is 4.69. The van der Waals surface area contributed by atoms with Crippen molar-refractivity contribution in [2.75, 3.05) is 14.2 Å². The van der Waals surface area contributed by atoms with Crippen LogP contribution in [-0.4, -0.2) is 33.3 Å². The monoisotopic (exact) mass is 224 g/mol. The van der Waals surface area contributed by atoms with Crippen LogP contribution in [0.3, 0.4) is 0 Å². The molecule has 2 aromatic rings. The van der Waals surface area contributed by atoms with E-state index in [0.717, 1.165) is 5.88 Å². The minimum Gasteiger partial charge on any atom is -0.481 e. The molecule has 0 saturated carbocycles. The summed E-state index contributed by atoms with van der Waals surface area (Å²) in [5.41, 5.74) is 0. The lowest BCUT2D eigenvalue weighted by molar-refractivity contribution is 0.382. The molecule has 0 amide bonds. The summed E-state index contributed by atoms with van der Waals surface area (Å²) in [5.74, 6) is 1.44. The lowest BCUT2D eigenvalue weighted by atomic mass is 10.8. The maximum atomic E-state index is 4.89. The highest BCUT2D eigenvalue weighted by Gasteiger charge is 1.91. The highest BCUT2D eigenvalue weighted by atomic mass is 16.5. The smallest absolute Gasteiger partial charge is 0.231 e. The van der Waals surface area contributed by atoms with Gasteiger partial charge in [-0.1, -0.05) is 0 Å². The largest absolute Gasteiger partial charge is 0.481 e. The SMILES string of the molecule is COc1cn(C)cn1.COc1cncn1C. The van der Waals surface area contributed by atoms with E-state index in [4.69, 9.17) is 9.47 Å². The van der Waals surface area contributed by atoms with Crippen LogP contribution in [0.15, 0.2) is 25.0 Å². The number of hydrogen-bond donors (Lipinski definition) is 0. The Morgan fingerprint density at radius 1 is 1.12 bits per heavy atom. The second-order valence-electron chi connectivity index (χ2n) is 3.13. The Balaban J connectivity index is 0.000000160. The third kappa shape index (κ3) is 3.30. The van der Waals surface area contributed by atoms with E-state index in [9.17, 15) is 0 Å². The lowest BCUT2D eigenvalue weighted by Gasteiger charge is -1.95. The van der Waals surface area contributed by atoms with Crippen molar-refractivity contribution in [3.63, 3.8) is 0 Å². The summed E-state index contributed by atoms with van der Waals surface area (Å²) >= 11 is 0. The summed E-state index contributed by atoms with van der Waals surface area (Å²) in [6.07, 6.45) is 6.86. The number of methoxy groups -OCH3 is 2.